The third-order valence-electron chi connectivity index (χ3n) is 5.21. The molecule has 3 N–H and O–H groups in total. The van der Waals surface area contributed by atoms with E-state index in [0.29, 0.717) is 18.5 Å². The maximum Gasteiger partial charge on any atom is 0.253 e. The zero-order chi connectivity index (χ0) is 17.5. The van der Waals surface area contributed by atoms with Crippen LogP contribution in [0.5, 0.6) is 0 Å². The molecule has 26 heavy (non-hydrogen) atoms. The van der Waals surface area contributed by atoms with Crippen LogP contribution >= 0.6 is 24.0 Å². The van der Waals surface area contributed by atoms with Gasteiger partial charge >= 0.3 is 0 Å². The summed E-state index contributed by atoms with van der Waals surface area (Å²) in [6.45, 7) is 2.26. The Kier molecular flexibility index (Phi) is 8.68. The van der Waals surface area contributed by atoms with E-state index in [0.717, 1.165) is 37.1 Å². The molecule has 0 aromatic heterocycles. The predicted octanol–water partition coefficient (Wildman–Crippen LogP) is 3.67. The number of rotatable bonds is 4. The van der Waals surface area contributed by atoms with Crippen molar-refractivity contribution in [2.75, 3.05) is 13.1 Å². The molecule has 1 aliphatic heterocycles. The number of guanidine groups is 1. The minimum absolute atomic E-state index is 0. The zero-order valence-corrected chi connectivity index (χ0v) is 17.8. The molecule has 1 aromatic rings. The van der Waals surface area contributed by atoms with Gasteiger partial charge in [0, 0.05) is 24.7 Å². The number of likely N-dealkylation sites (tertiary alicyclic amines) is 1. The molecule has 0 radical (unpaired) electrons. The zero-order valence-electron chi connectivity index (χ0n) is 15.5. The van der Waals surface area contributed by atoms with E-state index in [-0.39, 0.29) is 29.9 Å². The average molecular weight is 470 g/mol. The van der Waals surface area contributed by atoms with Crippen LogP contribution in [0.25, 0.3) is 0 Å². The summed E-state index contributed by atoms with van der Waals surface area (Å²) in [4.78, 5) is 19.0. The van der Waals surface area contributed by atoms with Crippen molar-refractivity contribution < 1.29 is 4.79 Å². The highest BCUT2D eigenvalue weighted by Gasteiger charge is 2.18. The number of nitrogens with one attached hydrogen (secondary N) is 1. The molecule has 0 atom stereocenters. The first-order valence-electron chi connectivity index (χ1n) is 9.67. The molecule has 6 heteroatoms. The van der Waals surface area contributed by atoms with Crippen LogP contribution in [-0.4, -0.2) is 35.9 Å². The molecular weight excluding hydrogens is 439 g/mol. The third kappa shape index (κ3) is 6.14. The Hall–Kier alpha value is -1.31. The molecule has 5 nitrogen and oxygen atoms in total. The molecule has 3 rings (SSSR count). The van der Waals surface area contributed by atoms with Crippen LogP contribution in [-0.2, 0) is 6.54 Å². The number of carbonyl (C=O) groups excluding carboxylic acids is 1. The predicted molar refractivity (Wildman–Crippen MR) is 117 cm³/mol. The number of benzene rings is 1. The Labute approximate surface area is 173 Å². The highest BCUT2D eigenvalue weighted by molar-refractivity contribution is 14.0. The van der Waals surface area contributed by atoms with Gasteiger partial charge in [0.2, 0.25) is 0 Å². The molecule has 1 saturated carbocycles. The molecule has 1 aromatic carbocycles. The largest absolute Gasteiger partial charge is 0.370 e. The molecule has 1 amide bonds. The Balaban J connectivity index is 0.00000243. The van der Waals surface area contributed by atoms with E-state index in [1.807, 2.05) is 29.2 Å². The van der Waals surface area contributed by atoms with Crippen molar-refractivity contribution in [3.8, 4) is 0 Å². The smallest absolute Gasteiger partial charge is 0.253 e. The van der Waals surface area contributed by atoms with Gasteiger partial charge in [0.05, 0.1) is 6.54 Å². The number of piperidine rings is 1. The summed E-state index contributed by atoms with van der Waals surface area (Å²) < 4.78 is 0. The maximum atomic E-state index is 12.6. The molecule has 0 spiro atoms. The van der Waals surface area contributed by atoms with Crippen molar-refractivity contribution >= 4 is 35.8 Å². The van der Waals surface area contributed by atoms with Crippen LogP contribution in [0.1, 0.15) is 67.3 Å². The second kappa shape index (κ2) is 10.7. The van der Waals surface area contributed by atoms with Gasteiger partial charge in [-0.2, -0.15) is 0 Å². The first kappa shape index (κ1) is 21.0. The monoisotopic (exact) mass is 470 g/mol. The van der Waals surface area contributed by atoms with E-state index in [2.05, 4.69) is 10.3 Å². The first-order chi connectivity index (χ1) is 12.2. The lowest BCUT2D eigenvalue weighted by Crippen LogP contribution is -2.41. The molecule has 0 bridgehead atoms. The molecule has 1 saturated heterocycles. The number of aliphatic imine (C=N–C) groups is 1. The minimum atomic E-state index is 0. The van der Waals surface area contributed by atoms with Crippen LogP contribution in [0, 0.1) is 0 Å². The standard InChI is InChI=1S/C20H30N4O.HI/c21-20(23-18-10-3-1-4-11-18)22-15-16-8-7-9-17(14-16)19(25)24-12-5-2-6-13-24;/h7-9,14,18H,1-6,10-13,15H2,(H3,21,22,23);1H. The van der Waals surface area contributed by atoms with Gasteiger partial charge in [0.15, 0.2) is 5.96 Å². The number of nitrogens with two attached hydrogens (primary N) is 1. The summed E-state index contributed by atoms with van der Waals surface area (Å²) >= 11 is 0. The van der Waals surface area contributed by atoms with Gasteiger partial charge in [-0.25, -0.2) is 4.99 Å². The Bertz CT molecular complexity index is 608. The van der Waals surface area contributed by atoms with Gasteiger partial charge in [0.25, 0.3) is 5.91 Å². The first-order valence-corrected chi connectivity index (χ1v) is 9.67. The van der Waals surface area contributed by atoms with Gasteiger partial charge in [0.1, 0.15) is 0 Å². The maximum absolute atomic E-state index is 12.6. The summed E-state index contributed by atoms with van der Waals surface area (Å²) in [5, 5.41) is 3.33. The molecule has 144 valence electrons. The number of hydrogen-bond donors (Lipinski definition) is 2. The second-order valence-electron chi connectivity index (χ2n) is 7.23. The molecule has 2 aliphatic rings. The number of carbonyl (C=O) groups is 1. The normalized spacial score (nSPS) is 18.9. The lowest BCUT2D eigenvalue weighted by atomic mass is 9.96. The fraction of sp³-hybridized carbons (Fsp3) is 0.600. The van der Waals surface area contributed by atoms with Crippen molar-refractivity contribution in [2.45, 2.75) is 64.0 Å². The summed E-state index contributed by atoms with van der Waals surface area (Å²) in [6, 6.07) is 8.25. The number of hydrogen-bond acceptors (Lipinski definition) is 2. The molecular formula is C20H31IN4O. The Morgan fingerprint density at radius 3 is 2.54 bits per heavy atom. The summed E-state index contributed by atoms with van der Waals surface area (Å²) in [5.41, 5.74) is 7.81. The third-order valence-corrected chi connectivity index (χ3v) is 5.21. The lowest BCUT2D eigenvalue weighted by molar-refractivity contribution is 0.0724. The summed E-state index contributed by atoms with van der Waals surface area (Å²) in [7, 11) is 0. The van der Waals surface area contributed by atoms with Gasteiger partial charge in [-0.1, -0.05) is 31.4 Å². The second-order valence-corrected chi connectivity index (χ2v) is 7.23. The van der Waals surface area contributed by atoms with Crippen LogP contribution in [0.15, 0.2) is 29.3 Å². The van der Waals surface area contributed by atoms with Gasteiger partial charge in [-0.3, -0.25) is 4.79 Å². The highest BCUT2D eigenvalue weighted by atomic mass is 127. The lowest BCUT2D eigenvalue weighted by Gasteiger charge is -2.26. The van der Waals surface area contributed by atoms with E-state index in [1.54, 1.807) is 0 Å². The average Bonchev–Trinajstić information content (AvgIpc) is 2.67. The number of nitrogens with zero attached hydrogens (tertiary/aromatic N) is 2. The molecule has 0 unspecified atom stereocenters. The van der Waals surface area contributed by atoms with E-state index in [4.69, 9.17) is 5.73 Å². The number of halogens is 1. The molecule has 2 fully saturated rings. The topological polar surface area (TPSA) is 70.7 Å². The van der Waals surface area contributed by atoms with Gasteiger partial charge < -0.3 is 16.0 Å². The fourth-order valence-corrected chi connectivity index (χ4v) is 3.76. The van der Waals surface area contributed by atoms with E-state index < -0.39 is 0 Å². The van der Waals surface area contributed by atoms with Crippen molar-refractivity contribution in [2.24, 2.45) is 10.7 Å². The van der Waals surface area contributed by atoms with Gasteiger partial charge in [-0.15, -0.1) is 24.0 Å². The van der Waals surface area contributed by atoms with Crippen LogP contribution in [0.4, 0.5) is 0 Å². The van der Waals surface area contributed by atoms with Crippen LogP contribution < -0.4 is 11.1 Å². The fourth-order valence-electron chi connectivity index (χ4n) is 3.76. The van der Waals surface area contributed by atoms with Gasteiger partial charge in [-0.05, 0) is 49.8 Å². The SMILES string of the molecule is I.NC(=NCc1cccc(C(=O)N2CCCCC2)c1)NC1CCCCC1. The number of amides is 1. The van der Waals surface area contributed by atoms with Crippen LogP contribution in [0.3, 0.4) is 0 Å². The van der Waals surface area contributed by atoms with E-state index in [1.165, 1.54) is 38.5 Å². The summed E-state index contributed by atoms with van der Waals surface area (Å²) in [5.74, 6) is 0.651. The quantitative estimate of drug-likeness (QED) is 0.401. The van der Waals surface area contributed by atoms with Crippen LogP contribution in [0.2, 0.25) is 0 Å². The molecule has 1 aliphatic carbocycles. The Morgan fingerprint density at radius 2 is 1.81 bits per heavy atom. The van der Waals surface area contributed by atoms with Crippen molar-refractivity contribution in [1.82, 2.24) is 10.2 Å². The Morgan fingerprint density at radius 1 is 1.12 bits per heavy atom. The van der Waals surface area contributed by atoms with E-state index in [9.17, 15) is 4.79 Å². The van der Waals surface area contributed by atoms with E-state index >= 15 is 0 Å². The minimum Gasteiger partial charge on any atom is -0.370 e. The van der Waals surface area contributed by atoms with Crippen molar-refractivity contribution in [3.63, 3.8) is 0 Å². The molecule has 1 heterocycles. The highest BCUT2D eigenvalue weighted by Crippen LogP contribution is 2.17. The summed E-state index contributed by atoms with van der Waals surface area (Å²) in [6.07, 6.45) is 9.67. The van der Waals surface area contributed by atoms with Crippen molar-refractivity contribution in [3.05, 3.63) is 35.4 Å². The van der Waals surface area contributed by atoms with Crippen molar-refractivity contribution in [1.29, 1.82) is 0 Å².